The molecule has 2 N–H and O–H groups in total. The maximum atomic E-state index is 9.22. The molecular weight excluding hydrogens is 137 g/mol. The van der Waals surface area contributed by atoms with E-state index in [-0.39, 0.29) is 7.05 Å². The number of fused-ring (bicyclic) bond motifs is 2. The van der Waals surface area contributed by atoms with E-state index >= 15 is 0 Å². The Bertz CT molecular complexity index is 152. The zero-order chi connectivity index (χ0) is 7.90. The van der Waals surface area contributed by atoms with Gasteiger partial charge in [0, 0.05) is 5.54 Å². The first-order valence-electron chi connectivity index (χ1n) is 4.66. The normalized spacial score (nSPS) is 41.5. The Hall–Kier alpha value is -0.0151. The zero-order valence-corrected chi connectivity index (χ0v) is 7.14. The molecule has 62 valence electrons. The molecule has 0 aliphatic heterocycles. The first-order valence-corrected chi connectivity index (χ1v) is 4.66. The van der Waals surface area contributed by atoms with Gasteiger partial charge in [0.1, 0.15) is 0 Å². The molecule has 2 bridgehead atoms. The third kappa shape index (κ3) is 1.32. The lowest BCUT2D eigenvalue weighted by molar-refractivity contribution is 0.363. The molecule has 2 rings (SSSR count). The Labute approximate surface area is 68.5 Å². The summed E-state index contributed by atoms with van der Waals surface area (Å²) in [5, 5.41) is 12.5. The van der Waals surface area contributed by atoms with Crippen molar-refractivity contribution in [3.63, 3.8) is 0 Å². The monoisotopic (exact) mass is 153 g/mol. The second-order valence-electron chi connectivity index (χ2n) is 4.25. The molecule has 0 aromatic heterocycles. The Morgan fingerprint density at radius 2 is 2.09 bits per heavy atom. The first kappa shape index (κ1) is 7.62. The van der Waals surface area contributed by atoms with Crippen molar-refractivity contribution in [1.29, 1.82) is 0 Å². The molecule has 0 aromatic carbocycles. The van der Waals surface area contributed by atoms with E-state index in [0.29, 0.717) is 5.54 Å². The van der Waals surface area contributed by atoms with Gasteiger partial charge in [0.2, 0.25) is 0 Å². The lowest BCUT2D eigenvalue weighted by Crippen LogP contribution is -2.48. The number of hydrogen-bond donors (Lipinski definition) is 2. The molecule has 0 atom stereocenters. The molecule has 0 radical (unpaired) electrons. The van der Waals surface area contributed by atoms with E-state index in [9.17, 15) is 5.02 Å². The average molecular weight is 153 g/mol. The van der Waals surface area contributed by atoms with Crippen LogP contribution in [0.5, 0.6) is 0 Å². The van der Waals surface area contributed by atoms with Crippen LogP contribution < -0.4 is 5.23 Å². The van der Waals surface area contributed by atoms with Gasteiger partial charge in [-0.2, -0.15) is 0 Å². The summed E-state index contributed by atoms with van der Waals surface area (Å²) in [6.07, 6.45) is 6.61. The van der Waals surface area contributed by atoms with E-state index in [4.69, 9.17) is 0 Å². The van der Waals surface area contributed by atoms with Crippen molar-refractivity contribution < 1.29 is 5.02 Å². The van der Waals surface area contributed by atoms with Crippen molar-refractivity contribution in [3.05, 3.63) is 0 Å². The topological polar surface area (TPSA) is 32.3 Å². The molecule has 0 heterocycles. The predicted octanol–water partition coefficient (Wildman–Crippen LogP) is 1.02. The van der Waals surface area contributed by atoms with E-state index in [1.165, 1.54) is 32.1 Å². The van der Waals surface area contributed by atoms with Crippen LogP contribution in [0.2, 0.25) is 6.82 Å². The molecule has 0 aromatic rings. The summed E-state index contributed by atoms with van der Waals surface area (Å²) in [5.74, 6) is 0.959. The van der Waals surface area contributed by atoms with E-state index in [0.717, 1.165) is 5.92 Å². The minimum Gasteiger partial charge on any atom is -0.437 e. The third-order valence-corrected chi connectivity index (χ3v) is 3.26. The molecule has 2 saturated carbocycles. The molecule has 3 heteroatoms. The fraction of sp³-hybridized carbons (Fsp3) is 1.00. The Kier molecular flexibility index (Phi) is 1.73. The summed E-state index contributed by atoms with van der Waals surface area (Å²) in [6, 6.07) is 0. The second-order valence-corrected chi connectivity index (χ2v) is 4.25. The summed E-state index contributed by atoms with van der Waals surface area (Å²) in [4.78, 5) is 0. The van der Waals surface area contributed by atoms with Crippen molar-refractivity contribution in [2.24, 2.45) is 5.92 Å². The van der Waals surface area contributed by atoms with E-state index < -0.39 is 0 Å². The molecule has 2 aliphatic rings. The van der Waals surface area contributed by atoms with E-state index in [1.54, 1.807) is 0 Å². The van der Waals surface area contributed by atoms with Crippen LogP contribution in [-0.2, 0) is 0 Å². The fourth-order valence-corrected chi connectivity index (χ4v) is 2.84. The molecule has 0 spiro atoms. The smallest absolute Gasteiger partial charge is 0.374 e. The van der Waals surface area contributed by atoms with Gasteiger partial charge >= 0.3 is 7.05 Å². The van der Waals surface area contributed by atoms with Gasteiger partial charge in [-0.25, -0.2) is 0 Å². The molecule has 0 saturated heterocycles. The molecule has 11 heavy (non-hydrogen) atoms. The van der Waals surface area contributed by atoms with Gasteiger partial charge in [0.15, 0.2) is 0 Å². The van der Waals surface area contributed by atoms with Crippen molar-refractivity contribution in [3.8, 4) is 0 Å². The molecule has 0 unspecified atom stereocenters. The quantitative estimate of drug-likeness (QED) is 0.580. The Morgan fingerprint density at radius 1 is 1.45 bits per heavy atom. The minimum absolute atomic E-state index is 0.327. The molecule has 2 nitrogen and oxygen atoms in total. The SMILES string of the molecule is CB(O)NC12CCC(CC1)C2. The van der Waals surface area contributed by atoms with Crippen LogP contribution in [0, 0.1) is 5.92 Å². The largest absolute Gasteiger partial charge is 0.437 e. The van der Waals surface area contributed by atoms with Crippen LogP contribution in [-0.4, -0.2) is 17.6 Å². The van der Waals surface area contributed by atoms with Gasteiger partial charge in [-0.1, -0.05) is 0 Å². The van der Waals surface area contributed by atoms with Gasteiger partial charge in [-0.3, -0.25) is 0 Å². The number of hydrogen-bond acceptors (Lipinski definition) is 2. The van der Waals surface area contributed by atoms with Gasteiger partial charge in [-0.05, 0) is 44.8 Å². The first-order chi connectivity index (χ1) is 5.20. The van der Waals surface area contributed by atoms with E-state index in [1.807, 2.05) is 6.82 Å². The summed E-state index contributed by atoms with van der Waals surface area (Å²) in [5.41, 5.74) is 0.332. The van der Waals surface area contributed by atoms with Crippen molar-refractivity contribution >= 4 is 7.05 Å². The van der Waals surface area contributed by atoms with Crippen LogP contribution in [0.25, 0.3) is 0 Å². The van der Waals surface area contributed by atoms with Crippen molar-refractivity contribution in [2.75, 3.05) is 0 Å². The van der Waals surface area contributed by atoms with Crippen LogP contribution in [0.15, 0.2) is 0 Å². The van der Waals surface area contributed by atoms with Crippen molar-refractivity contribution in [2.45, 2.75) is 44.5 Å². The highest BCUT2D eigenvalue weighted by atomic mass is 16.2. The maximum absolute atomic E-state index is 9.22. The summed E-state index contributed by atoms with van der Waals surface area (Å²) >= 11 is 0. The second kappa shape index (κ2) is 2.49. The van der Waals surface area contributed by atoms with Gasteiger partial charge < -0.3 is 10.3 Å². The molecular formula is C8H16BNO. The van der Waals surface area contributed by atoms with Crippen LogP contribution in [0.3, 0.4) is 0 Å². The Balaban J connectivity index is 1.99. The van der Waals surface area contributed by atoms with Gasteiger partial charge in [0.05, 0.1) is 0 Å². The lowest BCUT2D eigenvalue weighted by Gasteiger charge is -2.28. The molecule has 2 fully saturated rings. The highest BCUT2D eigenvalue weighted by molar-refractivity contribution is 6.45. The van der Waals surface area contributed by atoms with Gasteiger partial charge in [-0.15, -0.1) is 0 Å². The summed E-state index contributed by atoms with van der Waals surface area (Å²) in [7, 11) is -0.327. The third-order valence-electron chi connectivity index (χ3n) is 3.26. The van der Waals surface area contributed by atoms with E-state index in [2.05, 4.69) is 5.23 Å². The highest BCUT2D eigenvalue weighted by Gasteiger charge is 2.45. The standard InChI is InChI=1S/C8H16BNO/c1-9(11)10-8-4-2-7(6-8)3-5-8/h7,10-11H,2-6H2,1H3. The van der Waals surface area contributed by atoms with Crippen molar-refractivity contribution in [1.82, 2.24) is 5.23 Å². The number of rotatable bonds is 2. The van der Waals surface area contributed by atoms with Crippen LogP contribution in [0.4, 0.5) is 0 Å². The zero-order valence-electron chi connectivity index (χ0n) is 7.14. The summed E-state index contributed by atoms with van der Waals surface area (Å²) < 4.78 is 0. The Morgan fingerprint density at radius 3 is 2.45 bits per heavy atom. The van der Waals surface area contributed by atoms with Crippen LogP contribution >= 0.6 is 0 Å². The summed E-state index contributed by atoms with van der Waals surface area (Å²) in [6.45, 7) is 1.82. The average Bonchev–Trinajstić information content (AvgIpc) is 2.43. The molecule has 2 aliphatic carbocycles. The number of nitrogens with one attached hydrogen (secondary N) is 1. The van der Waals surface area contributed by atoms with Gasteiger partial charge in [0.25, 0.3) is 0 Å². The minimum atomic E-state index is -0.327. The molecule has 0 amide bonds. The van der Waals surface area contributed by atoms with Crippen LogP contribution in [0.1, 0.15) is 32.1 Å². The predicted molar refractivity (Wildman–Crippen MR) is 46.3 cm³/mol. The lowest BCUT2D eigenvalue weighted by atomic mass is 9.81. The maximum Gasteiger partial charge on any atom is 0.374 e. The highest BCUT2D eigenvalue weighted by Crippen LogP contribution is 2.47. The fourth-order valence-electron chi connectivity index (χ4n) is 2.84.